The van der Waals surface area contributed by atoms with Gasteiger partial charge in [-0.15, -0.1) is 0 Å². The summed E-state index contributed by atoms with van der Waals surface area (Å²) >= 11 is 0. The maximum absolute atomic E-state index is 5.98. The van der Waals surface area contributed by atoms with E-state index in [-0.39, 0.29) is 0 Å². The van der Waals surface area contributed by atoms with Gasteiger partial charge in [-0.1, -0.05) is 35.9 Å². The van der Waals surface area contributed by atoms with Crippen molar-refractivity contribution in [3.63, 3.8) is 0 Å². The Morgan fingerprint density at radius 1 is 0.920 bits per heavy atom. The lowest BCUT2D eigenvalue weighted by atomic mass is 10.1. The maximum Gasteiger partial charge on any atom is 0.161 e. The molecule has 0 aliphatic carbocycles. The van der Waals surface area contributed by atoms with Gasteiger partial charge in [-0.3, -0.25) is 0 Å². The zero-order valence-corrected chi connectivity index (χ0v) is 15.8. The first-order valence-corrected chi connectivity index (χ1v) is 8.88. The van der Waals surface area contributed by atoms with Crippen LogP contribution in [0, 0.1) is 6.92 Å². The molecular formula is C21H30N2O2. The molecule has 0 fully saturated rings. The van der Waals surface area contributed by atoms with E-state index in [9.17, 15) is 0 Å². The average Bonchev–Trinajstić information content (AvgIpc) is 2.59. The molecule has 0 amide bonds. The van der Waals surface area contributed by atoms with Crippen molar-refractivity contribution >= 4 is 0 Å². The third-order valence-electron chi connectivity index (χ3n) is 3.89. The van der Waals surface area contributed by atoms with Gasteiger partial charge in [-0.2, -0.15) is 0 Å². The summed E-state index contributed by atoms with van der Waals surface area (Å²) in [5.74, 6) is 1.60. The van der Waals surface area contributed by atoms with Crippen LogP contribution in [-0.2, 0) is 13.2 Å². The minimum Gasteiger partial charge on any atom is -0.490 e. The van der Waals surface area contributed by atoms with Crippen molar-refractivity contribution in [3.05, 3.63) is 59.2 Å². The van der Waals surface area contributed by atoms with Gasteiger partial charge >= 0.3 is 0 Å². The summed E-state index contributed by atoms with van der Waals surface area (Å²) in [5, 5.41) is 3.45. The second-order valence-corrected chi connectivity index (χ2v) is 6.47. The number of benzene rings is 2. The topological polar surface area (TPSA) is 33.7 Å². The minimum absolute atomic E-state index is 0.542. The second kappa shape index (κ2) is 10.1. The lowest BCUT2D eigenvalue weighted by Gasteiger charge is -2.14. The normalized spacial score (nSPS) is 10.9. The molecule has 0 radical (unpaired) electrons. The van der Waals surface area contributed by atoms with Crippen LogP contribution in [0.25, 0.3) is 0 Å². The Morgan fingerprint density at radius 3 is 2.32 bits per heavy atom. The fourth-order valence-electron chi connectivity index (χ4n) is 2.43. The Balaban J connectivity index is 1.96. The second-order valence-electron chi connectivity index (χ2n) is 6.47. The molecule has 0 aliphatic heterocycles. The zero-order chi connectivity index (χ0) is 18.1. The molecule has 0 heterocycles. The Labute approximate surface area is 151 Å². The summed E-state index contributed by atoms with van der Waals surface area (Å²) < 4.78 is 11.7. The largest absolute Gasteiger partial charge is 0.490 e. The lowest BCUT2D eigenvalue weighted by molar-refractivity contribution is 0.269. The third-order valence-corrected chi connectivity index (χ3v) is 3.89. The number of nitrogens with one attached hydrogen (secondary N) is 1. The Kier molecular flexibility index (Phi) is 7.76. The number of hydrogen-bond acceptors (Lipinski definition) is 4. The first-order valence-electron chi connectivity index (χ1n) is 8.88. The molecule has 4 heteroatoms. The summed E-state index contributed by atoms with van der Waals surface area (Å²) in [6, 6.07) is 14.6. The first kappa shape index (κ1) is 19.3. The number of nitrogens with zero attached hydrogens (tertiary/aromatic N) is 1. The summed E-state index contributed by atoms with van der Waals surface area (Å²) in [6.07, 6.45) is 0. The van der Waals surface area contributed by atoms with Crippen LogP contribution in [0.4, 0.5) is 0 Å². The van der Waals surface area contributed by atoms with E-state index in [4.69, 9.17) is 9.47 Å². The van der Waals surface area contributed by atoms with Crippen molar-refractivity contribution < 1.29 is 9.47 Å². The van der Waals surface area contributed by atoms with Crippen LogP contribution < -0.4 is 14.8 Å². The summed E-state index contributed by atoms with van der Waals surface area (Å²) in [7, 11) is 4.16. The van der Waals surface area contributed by atoms with Crippen LogP contribution in [0.1, 0.15) is 23.6 Å². The number of rotatable bonds is 10. The van der Waals surface area contributed by atoms with Gasteiger partial charge in [0, 0.05) is 19.6 Å². The van der Waals surface area contributed by atoms with E-state index in [0.29, 0.717) is 13.2 Å². The molecule has 0 unspecified atom stereocenters. The molecule has 0 spiro atoms. The van der Waals surface area contributed by atoms with E-state index >= 15 is 0 Å². The van der Waals surface area contributed by atoms with Gasteiger partial charge in [-0.05, 0) is 51.2 Å². The van der Waals surface area contributed by atoms with Crippen LogP contribution in [0.5, 0.6) is 11.5 Å². The number of hydrogen-bond donors (Lipinski definition) is 1. The molecule has 4 nitrogen and oxygen atoms in total. The highest BCUT2D eigenvalue weighted by Crippen LogP contribution is 2.29. The summed E-state index contributed by atoms with van der Waals surface area (Å²) in [6.45, 7) is 8.05. The Bertz CT molecular complexity index is 639. The number of likely N-dealkylation sites (N-methyl/N-ethyl adjacent to an activating group) is 1. The number of aryl methyl sites for hydroxylation is 1. The van der Waals surface area contributed by atoms with Gasteiger partial charge in [0.15, 0.2) is 11.5 Å². The molecule has 136 valence electrons. The highest BCUT2D eigenvalue weighted by atomic mass is 16.5. The molecule has 0 saturated carbocycles. The highest BCUT2D eigenvalue weighted by molar-refractivity contribution is 5.43. The van der Waals surface area contributed by atoms with E-state index in [1.165, 1.54) is 11.1 Å². The van der Waals surface area contributed by atoms with Crippen LogP contribution in [0.2, 0.25) is 0 Å². The SMILES string of the molecule is CCOc1cc(CNCCN(C)C)ccc1OCc1ccc(C)cc1. The molecule has 0 bridgehead atoms. The third kappa shape index (κ3) is 6.77. The Hall–Kier alpha value is -2.04. The quantitative estimate of drug-likeness (QED) is 0.669. The predicted molar refractivity (Wildman–Crippen MR) is 103 cm³/mol. The molecule has 1 N–H and O–H groups in total. The molecule has 0 aromatic heterocycles. The van der Waals surface area contributed by atoms with Crippen molar-refractivity contribution in [2.45, 2.75) is 27.0 Å². The van der Waals surface area contributed by atoms with Crippen molar-refractivity contribution in [3.8, 4) is 11.5 Å². The molecule has 25 heavy (non-hydrogen) atoms. The van der Waals surface area contributed by atoms with E-state index in [1.807, 2.05) is 13.0 Å². The van der Waals surface area contributed by atoms with Crippen molar-refractivity contribution in [2.24, 2.45) is 0 Å². The van der Waals surface area contributed by atoms with Crippen molar-refractivity contribution in [1.82, 2.24) is 10.2 Å². The van der Waals surface area contributed by atoms with Gasteiger partial charge in [0.05, 0.1) is 6.61 Å². The molecule has 2 rings (SSSR count). The molecular weight excluding hydrogens is 312 g/mol. The Morgan fingerprint density at radius 2 is 1.64 bits per heavy atom. The van der Waals surface area contributed by atoms with Crippen molar-refractivity contribution in [1.29, 1.82) is 0 Å². The fourth-order valence-corrected chi connectivity index (χ4v) is 2.43. The van der Waals surface area contributed by atoms with E-state index in [1.54, 1.807) is 0 Å². The van der Waals surface area contributed by atoms with E-state index < -0.39 is 0 Å². The van der Waals surface area contributed by atoms with Crippen LogP contribution in [0.15, 0.2) is 42.5 Å². The smallest absolute Gasteiger partial charge is 0.161 e. The zero-order valence-electron chi connectivity index (χ0n) is 15.8. The van der Waals surface area contributed by atoms with Crippen LogP contribution in [-0.4, -0.2) is 38.7 Å². The maximum atomic E-state index is 5.98. The number of ether oxygens (including phenoxy) is 2. The van der Waals surface area contributed by atoms with Crippen LogP contribution >= 0.6 is 0 Å². The first-order chi connectivity index (χ1) is 12.1. The van der Waals surface area contributed by atoms with Gasteiger partial charge in [0.25, 0.3) is 0 Å². The monoisotopic (exact) mass is 342 g/mol. The standard InChI is InChI=1S/C21H30N2O2/c1-5-24-21-14-19(15-22-12-13-23(3)4)10-11-20(21)25-16-18-8-6-17(2)7-9-18/h6-11,14,22H,5,12-13,15-16H2,1-4H3. The van der Waals surface area contributed by atoms with Gasteiger partial charge < -0.3 is 19.7 Å². The minimum atomic E-state index is 0.542. The summed E-state index contributed by atoms with van der Waals surface area (Å²) in [4.78, 5) is 2.17. The molecule has 0 aliphatic rings. The molecule has 0 saturated heterocycles. The highest BCUT2D eigenvalue weighted by Gasteiger charge is 2.07. The summed E-state index contributed by atoms with van der Waals surface area (Å²) in [5.41, 5.74) is 3.61. The predicted octanol–water partition coefficient (Wildman–Crippen LogP) is 3.62. The molecule has 2 aromatic carbocycles. The molecule has 2 aromatic rings. The average molecular weight is 342 g/mol. The van der Waals surface area contributed by atoms with Crippen LogP contribution in [0.3, 0.4) is 0 Å². The van der Waals surface area contributed by atoms with E-state index in [2.05, 4.69) is 67.6 Å². The van der Waals surface area contributed by atoms with E-state index in [0.717, 1.165) is 36.7 Å². The molecule has 0 atom stereocenters. The lowest BCUT2D eigenvalue weighted by Crippen LogP contribution is -2.26. The van der Waals surface area contributed by atoms with Gasteiger partial charge in [-0.25, -0.2) is 0 Å². The van der Waals surface area contributed by atoms with Crippen molar-refractivity contribution in [2.75, 3.05) is 33.8 Å². The van der Waals surface area contributed by atoms with Gasteiger partial charge in [0.1, 0.15) is 6.61 Å². The fraction of sp³-hybridized carbons (Fsp3) is 0.429. The van der Waals surface area contributed by atoms with Gasteiger partial charge in [0.2, 0.25) is 0 Å².